The van der Waals surface area contributed by atoms with E-state index >= 15 is 0 Å². The fourth-order valence-electron chi connectivity index (χ4n) is 2.85. The third-order valence-electron chi connectivity index (χ3n) is 3.45. The molecule has 2 rings (SSSR count). The van der Waals surface area contributed by atoms with Crippen molar-refractivity contribution >= 4 is 17.3 Å². The molecular weight excluding hydrogens is 228 g/mol. The van der Waals surface area contributed by atoms with Gasteiger partial charge in [0.1, 0.15) is 0 Å². The molecule has 1 saturated heterocycles. The molecule has 4 heteroatoms. The fourth-order valence-corrected chi connectivity index (χ4v) is 2.85. The number of nitrogens with two attached hydrogens (primary N) is 1. The molecule has 4 nitrogen and oxygen atoms in total. The monoisotopic (exact) mass is 247 g/mol. The van der Waals surface area contributed by atoms with Crippen LogP contribution in [-0.4, -0.2) is 19.1 Å². The van der Waals surface area contributed by atoms with Gasteiger partial charge in [0.25, 0.3) is 0 Å². The smallest absolute Gasteiger partial charge is 0.0736 e. The lowest BCUT2D eigenvalue weighted by Gasteiger charge is -2.37. The van der Waals surface area contributed by atoms with Crippen molar-refractivity contribution in [2.45, 2.75) is 20.3 Å². The van der Waals surface area contributed by atoms with E-state index < -0.39 is 5.97 Å². The summed E-state index contributed by atoms with van der Waals surface area (Å²) >= 11 is 0. The third-order valence-corrected chi connectivity index (χ3v) is 3.45. The molecule has 18 heavy (non-hydrogen) atoms. The van der Waals surface area contributed by atoms with Crippen LogP contribution in [0.5, 0.6) is 0 Å². The minimum absolute atomic E-state index is 0.191. The Labute approximate surface area is 107 Å². The molecule has 1 heterocycles. The van der Waals surface area contributed by atoms with E-state index in [0.717, 1.165) is 18.8 Å². The molecule has 1 aromatic rings. The zero-order chi connectivity index (χ0) is 13.3. The van der Waals surface area contributed by atoms with Crippen LogP contribution in [0.15, 0.2) is 18.2 Å². The number of anilines is 2. The van der Waals surface area contributed by atoms with Crippen LogP contribution in [0.4, 0.5) is 11.4 Å². The topological polar surface area (TPSA) is 69.4 Å². The number of carboxylic acid groups (broad SMARTS) is 1. The van der Waals surface area contributed by atoms with Gasteiger partial charge in [-0.25, -0.2) is 0 Å². The second kappa shape index (κ2) is 4.88. The zero-order valence-electron chi connectivity index (χ0n) is 10.8. The van der Waals surface area contributed by atoms with Crippen LogP contribution < -0.4 is 15.7 Å². The first kappa shape index (κ1) is 12.7. The molecule has 0 saturated carbocycles. The van der Waals surface area contributed by atoms with Crippen molar-refractivity contribution in [3.05, 3.63) is 23.8 Å². The van der Waals surface area contributed by atoms with Gasteiger partial charge in [-0.1, -0.05) is 13.8 Å². The normalized spacial score (nSPS) is 24.0. The molecule has 2 atom stereocenters. The predicted molar refractivity (Wildman–Crippen MR) is 70.3 cm³/mol. The van der Waals surface area contributed by atoms with Gasteiger partial charge in [-0.3, -0.25) is 0 Å². The van der Waals surface area contributed by atoms with Crippen LogP contribution in [-0.2, 0) is 0 Å². The lowest BCUT2D eigenvalue weighted by molar-refractivity contribution is -0.254. The van der Waals surface area contributed by atoms with Gasteiger partial charge in [0, 0.05) is 30.0 Å². The number of benzene rings is 1. The Hall–Kier alpha value is -1.71. The molecule has 1 aromatic carbocycles. The fraction of sp³-hybridized carbons (Fsp3) is 0.500. The quantitative estimate of drug-likeness (QED) is 0.795. The average molecular weight is 247 g/mol. The summed E-state index contributed by atoms with van der Waals surface area (Å²) in [4.78, 5) is 13.3. The van der Waals surface area contributed by atoms with E-state index in [9.17, 15) is 9.90 Å². The Balaban J connectivity index is 2.35. The van der Waals surface area contributed by atoms with Gasteiger partial charge in [0.2, 0.25) is 0 Å². The van der Waals surface area contributed by atoms with Gasteiger partial charge >= 0.3 is 0 Å². The molecule has 0 bridgehead atoms. The molecule has 98 valence electrons. The van der Waals surface area contributed by atoms with Crippen molar-refractivity contribution in [1.82, 2.24) is 0 Å². The first-order valence-corrected chi connectivity index (χ1v) is 6.33. The summed E-state index contributed by atoms with van der Waals surface area (Å²) in [7, 11) is 0. The Morgan fingerprint density at radius 3 is 2.50 bits per heavy atom. The SMILES string of the molecule is C[C@@H]1C[C@H](C)CN(c2ccc(N)cc2C(=O)[O-])C1. The van der Waals surface area contributed by atoms with Crippen molar-refractivity contribution in [1.29, 1.82) is 0 Å². The minimum Gasteiger partial charge on any atom is -0.545 e. The average Bonchev–Trinajstić information content (AvgIpc) is 2.27. The lowest BCUT2D eigenvalue weighted by Crippen LogP contribution is -2.40. The first-order valence-electron chi connectivity index (χ1n) is 6.33. The summed E-state index contributed by atoms with van der Waals surface area (Å²) in [6, 6.07) is 5.01. The highest BCUT2D eigenvalue weighted by Crippen LogP contribution is 2.29. The van der Waals surface area contributed by atoms with Gasteiger partial charge in [-0.05, 0) is 36.5 Å². The molecule has 0 radical (unpaired) electrons. The molecule has 0 aromatic heterocycles. The van der Waals surface area contributed by atoms with Crippen molar-refractivity contribution in [3.63, 3.8) is 0 Å². The van der Waals surface area contributed by atoms with Crippen molar-refractivity contribution < 1.29 is 9.90 Å². The summed E-state index contributed by atoms with van der Waals surface area (Å²) in [5.41, 5.74) is 7.01. The van der Waals surface area contributed by atoms with Gasteiger partial charge in [-0.15, -0.1) is 0 Å². The van der Waals surface area contributed by atoms with Crippen LogP contribution in [0.25, 0.3) is 0 Å². The van der Waals surface area contributed by atoms with Gasteiger partial charge < -0.3 is 20.5 Å². The number of hydrogen-bond donors (Lipinski definition) is 1. The van der Waals surface area contributed by atoms with E-state index in [-0.39, 0.29) is 5.56 Å². The highest BCUT2D eigenvalue weighted by molar-refractivity contribution is 5.94. The second-order valence-corrected chi connectivity index (χ2v) is 5.42. The Kier molecular flexibility index (Phi) is 3.45. The zero-order valence-corrected chi connectivity index (χ0v) is 10.8. The lowest BCUT2D eigenvalue weighted by atomic mass is 9.91. The van der Waals surface area contributed by atoms with Crippen LogP contribution in [0.1, 0.15) is 30.6 Å². The van der Waals surface area contributed by atoms with Gasteiger partial charge in [0.15, 0.2) is 0 Å². The number of nitrogens with zero attached hydrogens (tertiary/aromatic N) is 1. The summed E-state index contributed by atoms with van der Waals surface area (Å²) in [6.45, 7) is 6.15. The number of carboxylic acids is 1. The summed E-state index contributed by atoms with van der Waals surface area (Å²) in [6.07, 6.45) is 1.19. The third kappa shape index (κ3) is 2.58. The van der Waals surface area contributed by atoms with Crippen molar-refractivity contribution in [3.8, 4) is 0 Å². The maximum atomic E-state index is 11.2. The Morgan fingerprint density at radius 1 is 1.33 bits per heavy atom. The van der Waals surface area contributed by atoms with E-state index in [0.29, 0.717) is 17.5 Å². The molecule has 0 aliphatic carbocycles. The number of carbonyl (C=O) groups excluding carboxylic acids is 1. The number of hydrogen-bond acceptors (Lipinski definition) is 4. The van der Waals surface area contributed by atoms with E-state index in [2.05, 4.69) is 18.7 Å². The van der Waals surface area contributed by atoms with E-state index in [1.54, 1.807) is 12.1 Å². The highest BCUT2D eigenvalue weighted by Gasteiger charge is 2.23. The molecule has 0 unspecified atom stereocenters. The van der Waals surface area contributed by atoms with Crippen LogP contribution >= 0.6 is 0 Å². The largest absolute Gasteiger partial charge is 0.545 e. The number of nitrogen functional groups attached to an aromatic ring is 1. The first-order chi connectivity index (χ1) is 8.47. The highest BCUT2D eigenvalue weighted by atomic mass is 16.4. The van der Waals surface area contributed by atoms with E-state index in [4.69, 9.17) is 5.73 Å². The molecule has 1 aliphatic rings. The molecular formula is C14H19N2O2-. The summed E-state index contributed by atoms with van der Waals surface area (Å²) in [5, 5.41) is 11.2. The molecule has 1 fully saturated rings. The van der Waals surface area contributed by atoms with Crippen LogP contribution in [0.2, 0.25) is 0 Å². The van der Waals surface area contributed by atoms with E-state index in [1.165, 1.54) is 12.5 Å². The number of piperidine rings is 1. The van der Waals surface area contributed by atoms with Crippen LogP contribution in [0, 0.1) is 11.8 Å². The van der Waals surface area contributed by atoms with Crippen LogP contribution in [0.3, 0.4) is 0 Å². The van der Waals surface area contributed by atoms with E-state index in [1.807, 2.05) is 0 Å². The number of aromatic carboxylic acids is 1. The molecule has 0 spiro atoms. The van der Waals surface area contributed by atoms with Crippen molar-refractivity contribution in [2.24, 2.45) is 11.8 Å². The summed E-state index contributed by atoms with van der Waals surface area (Å²) in [5.74, 6) is -0.0232. The Bertz CT molecular complexity index is 449. The van der Waals surface area contributed by atoms with Crippen molar-refractivity contribution in [2.75, 3.05) is 23.7 Å². The second-order valence-electron chi connectivity index (χ2n) is 5.42. The molecule has 1 aliphatic heterocycles. The molecule has 0 amide bonds. The predicted octanol–water partition coefficient (Wildman–Crippen LogP) is 1.11. The van der Waals surface area contributed by atoms with Gasteiger partial charge in [0.05, 0.1) is 5.97 Å². The minimum atomic E-state index is -1.16. The standard InChI is InChI=1S/C14H20N2O2/c1-9-5-10(2)8-16(7-9)13-4-3-11(15)6-12(13)14(17)18/h3-4,6,9-10H,5,7-8,15H2,1-2H3,(H,17,18)/p-1/t9-,10+. The maximum Gasteiger partial charge on any atom is 0.0736 e. The summed E-state index contributed by atoms with van der Waals surface area (Å²) < 4.78 is 0. The number of carbonyl (C=O) groups is 1. The van der Waals surface area contributed by atoms with Gasteiger partial charge in [-0.2, -0.15) is 0 Å². The molecule has 2 N–H and O–H groups in total. The maximum absolute atomic E-state index is 11.2. The number of rotatable bonds is 2. The Morgan fingerprint density at radius 2 is 1.94 bits per heavy atom.